The summed E-state index contributed by atoms with van der Waals surface area (Å²) >= 11 is 0. The van der Waals surface area contributed by atoms with Gasteiger partial charge in [-0.25, -0.2) is 0 Å². The monoisotopic (exact) mass is 443 g/mol. The summed E-state index contributed by atoms with van der Waals surface area (Å²) in [6.45, 7) is 3.75. The fourth-order valence-electron chi connectivity index (χ4n) is 3.86. The molecule has 8 nitrogen and oxygen atoms in total. The number of amides is 3. The van der Waals surface area contributed by atoms with Crippen molar-refractivity contribution in [2.75, 3.05) is 5.32 Å². The van der Waals surface area contributed by atoms with Crippen LogP contribution in [0.2, 0.25) is 0 Å². The predicted octanol–water partition coefficient (Wildman–Crippen LogP) is 4.06. The van der Waals surface area contributed by atoms with Crippen molar-refractivity contribution in [1.29, 1.82) is 0 Å². The van der Waals surface area contributed by atoms with Crippen LogP contribution in [0.5, 0.6) is 0 Å². The number of nitrogens with zero attached hydrogens (tertiary/aromatic N) is 2. The molecule has 0 saturated carbocycles. The highest BCUT2D eigenvalue weighted by Gasteiger charge is 2.42. The van der Waals surface area contributed by atoms with Gasteiger partial charge in [0.25, 0.3) is 17.5 Å². The first-order valence-electron chi connectivity index (χ1n) is 10.3. The second kappa shape index (κ2) is 8.66. The zero-order valence-electron chi connectivity index (χ0n) is 18.1. The summed E-state index contributed by atoms with van der Waals surface area (Å²) in [6.07, 6.45) is 0.0140. The lowest BCUT2D eigenvalue weighted by atomic mass is 10.0. The van der Waals surface area contributed by atoms with Gasteiger partial charge in [0.05, 0.1) is 16.1 Å². The molecule has 1 N–H and O–H groups in total. The molecule has 1 heterocycles. The molecule has 0 spiro atoms. The molecule has 0 aliphatic carbocycles. The summed E-state index contributed by atoms with van der Waals surface area (Å²) in [6, 6.07) is 16.6. The van der Waals surface area contributed by atoms with E-state index in [-0.39, 0.29) is 23.2 Å². The molecule has 4 rings (SSSR count). The number of non-ortho nitro benzene ring substituents is 1. The lowest BCUT2D eigenvalue weighted by Crippen LogP contribution is -2.48. The van der Waals surface area contributed by atoms with Gasteiger partial charge in [0.15, 0.2) is 0 Å². The normalized spacial score (nSPS) is 13.6. The highest BCUT2D eigenvalue weighted by molar-refractivity contribution is 6.23. The molecule has 0 aromatic heterocycles. The molecule has 1 aliphatic rings. The van der Waals surface area contributed by atoms with Gasteiger partial charge in [-0.2, -0.15) is 0 Å². The average molecular weight is 443 g/mol. The SMILES string of the molecule is Cc1ccc(C)c(NC(=O)[C@H](Cc2ccc([N+](=O)[O-])cc2)N2C(=O)c3ccccc3C2=O)c1. The van der Waals surface area contributed by atoms with Crippen LogP contribution in [-0.4, -0.2) is 33.6 Å². The minimum absolute atomic E-state index is 0.0140. The van der Waals surface area contributed by atoms with Gasteiger partial charge in [0.1, 0.15) is 6.04 Å². The van der Waals surface area contributed by atoms with Gasteiger partial charge in [0, 0.05) is 24.2 Å². The summed E-state index contributed by atoms with van der Waals surface area (Å²) in [5.41, 5.74) is 3.36. The number of anilines is 1. The Labute approximate surface area is 190 Å². The van der Waals surface area contributed by atoms with Crippen molar-refractivity contribution < 1.29 is 19.3 Å². The Balaban J connectivity index is 1.70. The van der Waals surface area contributed by atoms with Gasteiger partial charge in [0.2, 0.25) is 5.91 Å². The van der Waals surface area contributed by atoms with Crippen molar-refractivity contribution in [1.82, 2.24) is 4.90 Å². The van der Waals surface area contributed by atoms with Crippen LogP contribution in [0.4, 0.5) is 11.4 Å². The summed E-state index contributed by atoms with van der Waals surface area (Å²) in [4.78, 5) is 51.0. The number of carbonyl (C=O) groups excluding carboxylic acids is 3. The zero-order chi connectivity index (χ0) is 23.7. The lowest BCUT2D eigenvalue weighted by molar-refractivity contribution is -0.384. The number of aryl methyl sites for hydroxylation is 2. The quantitative estimate of drug-likeness (QED) is 0.351. The van der Waals surface area contributed by atoms with E-state index >= 15 is 0 Å². The van der Waals surface area contributed by atoms with E-state index in [0.717, 1.165) is 16.0 Å². The van der Waals surface area contributed by atoms with Crippen molar-refractivity contribution in [2.24, 2.45) is 0 Å². The molecule has 0 saturated heterocycles. The Hall–Kier alpha value is -4.33. The second-order valence-corrected chi connectivity index (χ2v) is 7.98. The predicted molar refractivity (Wildman–Crippen MR) is 122 cm³/mol. The Morgan fingerprint density at radius 1 is 0.970 bits per heavy atom. The number of fused-ring (bicyclic) bond motifs is 1. The first kappa shape index (κ1) is 21.9. The van der Waals surface area contributed by atoms with Gasteiger partial charge in [-0.1, -0.05) is 36.4 Å². The molecule has 1 atom stereocenters. The van der Waals surface area contributed by atoms with Crippen LogP contribution in [0.15, 0.2) is 66.7 Å². The van der Waals surface area contributed by atoms with Gasteiger partial charge in [-0.3, -0.25) is 29.4 Å². The molecule has 3 aromatic rings. The van der Waals surface area contributed by atoms with E-state index in [0.29, 0.717) is 11.3 Å². The van der Waals surface area contributed by atoms with Crippen LogP contribution < -0.4 is 5.32 Å². The molecular formula is C25H21N3O5. The van der Waals surface area contributed by atoms with Gasteiger partial charge < -0.3 is 5.32 Å². The van der Waals surface area contributed by atoms with Crippen molar-refractivity contribution in [3.63, 3.8) is 0 Å². The fraction of sp³-hybridized carbons (Fsp3) is 0.160. The van der Waals surface area contributed by atoms with Crippen LogP contribution in [0, 0.1) is 24.0 Å². The highest BCUT2D eigenvalue weighted by atomic mass is 16.6. The van der Waals surface area contributed by atoms with Crippen molar-refractivity contribution in [3.05, 3.63) is 105 Å². The topological polar surface area (TPSA) is 110 Å². The maximum Gasteiger partial charge on any atom is 0.269 e. The Bertz CT molecular complexity index is 1250. The minimum Gasteiger partial charge on any atom is -0.324 e. The standard InChI is InChI=1S/C25H21N3O5/c1-15-7-8-16(2)21(13-15)26-23(29)22(14-17-9-11-18(12-10-17)28(32)33)27-24(30)19-5-3-4-6-20(19)25(27)31/h3-13,22H,14H2,1-2H3,(H,26,29)/t22-/m0/s1. The van der Waals surface area contributed by atoms with Gasteiger partial charge in [-0.15, -0.1) is 0 Å². The summed E-state index contributed by atoms with van der Waals surface area (Å²) in [5.74, 6) is -1.60. The number of carbonyl (C=O) groups is 3. The first-order chi connectivity index (χ1) is 15.8. The van der Waals surface area contributed by atoms with Crippen molar-refractivity contribution >= 4 is 29.1 Å². The van der Waals surface area contributed by atoms with E-state index < -0.39 is 28.7 Å². The minimum atomic E-state index is -1.14. The summed E-state index contributed by atoms with van der Waals surface area (Å²) < 4.78 is 0. The summed E-state index contributed by atoms with van der Waals surface area (Å²) in [7, 11) is 0. The number of nitro benzene ring substituents is 1. The Kier molecular flexibility index (Phi) is 5.74. The molecule has 3 aromatic carbocycles. The lowest BCUT2D eigenvalue weighted by Gasteiger charge is -2.26. The first-order valence-corrected chi connectivity index (χ1v) is 10.3. The van der Waals surface area contributed by atoms with Gasteiger partial charge >= 0.3 is 0 Å². The third-order valence-corrected chi connectivity index (χ3v) is 5.67. The van der Waals surface area contributed by atoms with Crippen LogP contribution in [0.1, 0.15) is 37.4 Å². The number of nitro groups is 1. The molecular weight excluding hydrogens is 422 g/mol. The molecule has 166 valence electrons. The van der Waals surface area contributed by atoms with E-state index in [1.54, 1.807) is 24.3 Å². The number of rotatable bonds is 6. The van der Waals surface area contributed by atoms with E-state index in [4.69, 9.17) is 0 Å². The van der Waals surface area contributed by atoms with E-state index in [1.165, 1.54) is 24.3 Å². The fourth-order valence-corrected chi connectivity index (χ4v) is 3.86. The van der Waals surface area contributed by atoms with Crippen molar-refractivity contribution in [2.45, 2.75) is 26.3 Å². The highest BCUT2D eigenvalue weighted by Crippen LogP contribution is 2.27. The van der Waals surface area contributed by atoms with Crippen molar-refractivity contribution in [3.8, 4) is 0 Å². The van der Waals surface area contributed by atoms with Crippen LogP contribution in [0.25, 0.3) is 0 Å². The number of imide groups is 1. The maximum atomic E-state index is 13.4. The molecule has 0 unspecified atom stereocenters. The van der Waals surface area contributed by atoms with E-state index in [9.17, 15) is 24.5 Å². The third-order valence-electron chi connectivity index (χ3n) is 5.67. The Morgan fingerprint density at radius 3 is 2.15 bits per heavy atom. The third kappa shape index (κ3) is 4.23. The average Bonchev–Trinajstić information content (AvgIpc) is 3.05. The number of hydrogen-bond donors (Lipinski definition) is 1. The Morgan fingerprint density at radius 2 is 1.58 bits per heavy atom. The molecule has 0 radical (unpaired) electrons. The molecule has 8 heteroatoms. The van der Waals surface area contributed by atoms with Crippen LogP contribution in [-0.2, 0) is 11.2 Å². The van der Waals surface area contributed by atoms with Crippen LogP contribution in [0.3, 0.4) is 0 Å². The number of hydrogen-bond acceptors (Lipinski definition) is 5. The second-order valence-electron chi connectivity index (χ2n) is 7.98. The summed E-state index contributed by atoms with van der Waals surface area (Å²) in [5, 5.41) is 13.8. The molecule has 0 bridgehead atoms. The maximum absolute atomic E-state index is 13.4. The van der Waals surface area contributed by atoms with Crippen LogP contribution >= 0.6 is 0 Å². The number of benzene rings is 3. The van der Waals surface area contributed by atoms with E-state index in [1.807, 2.05) is 32.0 Å². The van der Waals surface area contributed by atoms with Gasteiger partial charge in [-0.05, 0) is 48.7 Å². The largest absolute Gasteiger partial charge is 0.324 e. The molecule has 3 amide bonds. The molecule has 1 aliphatic heterocycles. The van der Waals surface area contributed by atoms with E-state index in [2.05, 4.69) is 5.32 Å². The molecule has 33 heavy (non-hydrogen) atoms. The number of nitrogens with one attached hydrogen (secondary N) is 1. The smallest absolute Gasteiger partial charge is 0.269 e. The molecule has 0 fully saturated rings. The zero-order valence-corrected chi connectivity index (χ0v) is 18.1.